The lowest BCUT2D eigenvalue weighted by Crippen LogP contribution is -2.48. The Bertz CT molecular complexity index is 463. The van der Waals surface area contributed by atoms with Gasteiger partial charge in [-0.25, -0.2) is 4.99 Å². The molecule has 0 bridgehead atoms. The molecule has 0 aromatic carbocycles. The molecule has 1 heterocycles. The Morgan fingerprint density at radius 3 is 2.52 bits per heavy atom. The molecule has 0 spiro atoms. The highest BCUT2D eigenvalue weighted by Gasteiger charge is 2.23. The van der Waals surface area contributed by atoms with E-state index in [-0.39, 0.29) is 12.5 Å². The van der Waals surface area contributed by atoms with E-state index in [1.807, 2.05) is 0 Å². The standard InChI is InChI=1S/C22H44N4O3/c1-6-8-10-19(7-2)17-23-22(24-18-21(27)25(3)4)26-13-11-20(12-14-26)29-16-9-15-28-5/h19-20H,6-18H2,1-5H3,(H,23,24). The van der Waals surface area contributed by atoms with Crippen molar-refractivity contribution in [1.29, 1.82) is 0 Å². The summed E-state index contributed by atoms with van der Waals surface area (Å²) in [6, 6.07) is 0. The van der Waals surface area contributed by atoms with Gasteiger partial charge in [0.2, 0.25) is 5.91 Å². The van der Waals surface area contributed by atoms with Crippen LogP contribution in [0.4, 0.5) is 0 Å². The fourth-order valence-electron chi connectivity index (χ4n) is 3.42. The van der Waals surface area contributed by atoms with E-state index in [2.05, 4.69) is 29.1 Å². The highest BCUT2D eigenvalue weighted by atomic mass is 16.5. The van der Waals surface area contributed by atoms with E-state index in [0.29, 0.717) is 12.0 Å². The molecule has 170 valence electrons. The first kappa shape index (κ1) is 25.7. The fraction of sp³-hybridized carbons (Fsp3) is 0.909. The Kier molecular flexibility index (Phi) is 13.7. The van der Waals surface area contributed by atoms with Crippen LogP contribution in [0.5, 0.6) is 0 Å². The monoisotopic (exact) mass is 412 g/mol. The summed E-state index contributed by atoms with van der Waals surface area (Å²) in [5.74, 6) is 1.54. The number of ether oxygens (including phenoxy) is 2. The highest BCUT2D eigenvalue weighted by molar-refractivity contribution is 5.84. The van der Waals surface area contributed by atoms with Crippen LogP contribution in [0.25, 0.3) is 0 Å². The van der Waals surface area contributed by atoms with Crippen molar-refractivity contribution in [1.82, 2.24) is 15.1 Å². The molecule has 0 radical (unpaired) electrons. The number of carbonyl (C=O) groups excluding carboxylic acids is 1. The number of nitrogens with one attached hydrogen (secondary N) is 1. The molecule has 1 unspecified atom stereocenters. The molecule has 1 rings (SSSR count). The molecule has 7 nitrogen and oxygen atoms in total. The maximum atomic E-state index is 12.0. The summed E-state index contributed by atoms with van der Waals surface area (Å²) >= 11 is 0. The summed E-state index contributed by atoms with van der Waals surface area (Å²) in [4.78, 5) is 20.6. The second-order valence-corrected chi connectivity index (χ2v) is 8.13. The number of amides is 1. The van der Waals surface area contributed by atoms with E-state index in [1.54, 1.807) is 26.1 Å². The Balaban J connectivity index is 2.59. The summed E-state index contributed by atoms with van der Waals surface area (Å²) in [6.45, 7) is 8.90. The molecular weight excluding hydrogens is 368 g/mol. The minimum atomic E-state index is 0.0266. The molecule has 0 aromatic rings. The molecule has 1 atom stereocenters. The van der Waals surface area contributed by atoms with Crippen LogP contribution >= 0.6 is 0 Å². The Morgan fingerprint density at radius 1 is 1.21 bits per heavy atom. The summed E-state index contributed by atoms with van der Waals surface area (Å²) in [5.41, 5.74) is 0. The maximum absolute atomic E-state index is 12.0. The number of rotatable bonds is 13. The number of guanidine groups is 1. The SMILES string of the molecule is CCCCC(CC)CNC(=NCC(=O)N(C)C)N1CCC(OCCCOC)CC1. The van der Waals surface area contributed by atoms with Crippen molar-refractivity contribution in [3.05, 3.63) is 0 Å². The highest BCUT2D eigenvalue weighted by Crippen LogP contribution is 2.15. The summed E-state index contributed by atoms with van der Waals surface area (Å²) in [6.07, 6.45) is 8.11. The second-order valence-electron chi connectivity index (χ2n) is 8.13. The third-order valence-corrected chi connectivity index (χ3v) is 5.54. The van der Waals surface area contributed by atoms with Gasteiger partial charge in [0.25, 0.3) is 0 Å². The molecule has 1 amide bonds. The summed E-state index contributed by atoms with van der Waals surface area (Å²) in [7, 11) is 5.27. The summed E-state index contributed by atoms with van der Waals surface area (Å²) in [5, 5.41) is 3.57. The normalized spacial score (nSPS) is 16.7. The molecule has 0 aliphatic carbocycles. The lowest BCUT2D eigenvalue weighted by Gasteiger charge is -2.35. The third kappa shape index (κ3) is 10.8. The second kappa shape index (κ2) is 15.5. The van der Waals surface area contributed by atoms with Gasteiger partial charge in [0, 0.05) is 54.1 Å². The van der Waals surface area contributed by atoms with Gasteiger partial charge in [0.05, 0.1) is 6.10 Å². The van der Waals surface area contributed by atoms with Gasteiger partial charge in [-0.05, 0) is 31.6 Å². The fourth-order valence-corrected chi connectivity index (χ4v) is 3.42. The first-order chi connectivity index (χ1) is 14.0. The van der Waals surface area contributed by atoms with Crippen LogP contribution in [0.1, 0.15) is 58.8 Å². The molecule has 0 saturated carbocycles. The zero-order valence-corrected chi connectivity index (χ0v) is 19.4. The van der Waals surface area contributed by atoms with Crippen LogP contribution in [0.3, 0.4) is 0 Å². The number of carbonyl (C=O) groups is 1. The number of nitrogens with zero attached hydrogens (tertiary/aromatic N) is 3. The van der Waals surface area contributed by atoms with Crippen LogP contribution < -0.4 is 5.32 Å². The van der Waals surface area contributed by atoms with E-state index in [4.69, 9.17) is 9.47 Å². The van der Waals surface area contributed by atoms with Crippen molar-refractivity contribution in [3.63, 3.8) is 0 Å². The predicted octanol–water partition coefficient (Wildman–Crippen LogP) is 2.75. The minimum absolute atomic E-state index is 0.0266. The van der Waals surface area contributed by atoms with Crippen molar-refractivity contribution in [3.8, 4) is 0 Å². The minimum Gasteiger partial charge on any atom is -0.385 e. The van der Waals surface area contributed by atoms with Gasteiger partial charge in [-0.15, -0.1) is 0 Å². The van der Waals surface area contributed by atoms with Gasteiger partial charge in [0.1, 0.15) is 6.54 Å². The van der Waals surface area contributed by atoms with Crippen molar-refractivity contribution in [2.45, 2.75) is 64.9 Å². The molecule has 1 aliphatic heterocycles. The van der Waals surface area contributed by atoms with E-state index in [9.17, 15) is 4.79 Å². The molecule has 1 aliphatic rings. The van der Waals surface area contributed by atoms with Crippen molar-refractivity contribution in [2.24, 2.45) is 10.9 Å². The van der Waals surface area contributed by atoms with E-state index in [1.165, 1.54) is 19.3 Å². The van der Waals surface area contributed by atoms with E-state index < -0.39 is 0 Å². The lowest BCUT2D eigenvalue weighted by atomic mass is 9.99. The largest absolute Gasteiger partial charge is 0.385 e. The van der Waals surface area contributed by atoms with Crippen LogP contribution in [0.2, 0.25) is 0 Å². The molecule has 1 fully saturated rings. The first-order valence-electron chi connectivity index (χ1n) is 11.4. The maximum Gasteiger partial charge on any atom is 0.243 e. The van der Waals surface area contributed by atoms with Crippen LogP contribution in [0, 0.1) is 5.92 Å². The Hall–Kier alpha value is -1.34. The first-order valence-corrected chi connectivity index (χ1v) is 11.4. The lowest BCUT2D eigenvalue weighted by molar-refractivity contribution is -0.127. The number of unbranched alkanes of at least 4 members (excludes halogenated alkanes) is 1. The quantitative estimate of drug-likeness (QED) is 0.286. The number of piperidine rings is 1. The van der Waals surface area contributed by atoms with Gasteiger partial charge < -0.3 is 24.6 Å². The number of hydrogen-bond acceptors (Lipinski definition) is 4. The number of aliphatic imine (C=N–C) groups is 1. The number of likely N-dealkylation sites (N-methyl/N-ethyl adjacent to an activating group) is 1. The Labute approximate surface area is 178 Å². The van der Waals surface area contributed by atoms with Crippen LogP contribution in [0.15, 0.2) is 4.99 Å². The summed E-state index contributed by atoms with van der Waals surface area (Å²) < 4.78 is 11.1. The van der Waals surface area contributed by atoms with Gasteiger partial charge in [-0.3, -0.25) is 4.79 Å². The van der Waals surface area contributed by atoms with Gasteiger partial charge in [0.15, 0.2) is 5.96 Å². The third-order valence-electron chi connectivity index (χ3n) is 5.54. The van der Waals surface area contributed by atoms with E-state index in [0.717, 1.165) is 64.5 Å². The number of methoxy groups -OCH3 is 1. The van der Waals surface area contributed by atoms with E-state index >= 15 is 0 Å². The van der Waals surface area contributed by atoms with Crippen molar-refractivity contribution >= 4 is 11.9 Å². The van der Waals surface area contributed by atoms with Gasteiger partial charge in [-0.1, -0.05) is 33.1 Å². The smallest absolute Gasteiger partial charge is 0.243 e. The number of hydrogen-bond donors (Lipinski definition) is 1. The zero-order valence-electron chi connectivity index (χ0n) is 19.4. The molecule has 0 aromatic heterocycles. The molecular formula is C22H44N4O3. The van der Waals surface area contributed by atoms with Crippen molar-refractivity contribution < 1.29 is 14.3 Å². The molecule has 29 heavy (non-hydrogen) atoms. The van der Waals surface area contributed by atoms with Crippen LogP contribution in [-0.4, -0.2) is 88.4 Å². The number of likely N-dealkylation sites (tertiary alicyclic amines) is 1. The average molecular weight is 413 g/mol. The predicted molar refractivity (Wildman–Crippen MR) is 119 cm³/mol. The molecule has 1 saturated heterocycles. The average Bonchev–Trinajstić information content (AvgIpc) is 2.73. The molecule has 1 N–H and O–H groups in total. The van der Waals surface area contributed by atoms with Gasteiger partial charge >= 0.3 is 0 Å². The van der Waals surface area contributed by atoms with Gasteiger partial charge in [-0.2, -0.15) is 0 Å². The van der Waals surface area contributed by atoms with Crippen LogP contribution in [-0.2, 0) is 14.3 Å². The Morgan fingerprint density at radius 2 is 1.93 bits per heavy atom. The molecule has 7 heteroatoms. The zero-order chi connectivity index (χ0) is 21.5. The van der Waals surface area contributed by atoms with Crippen molar-refractivity contribution in [2.75, 3.05) is 60.6 Å². The topological polar surface area (TPSA) is 66.4 Å².